The van der Waals surface area contributed by atoms with Crippen LogP contribution in [0.4, 0.5) is 0 Å². The van der Waals surface area contributed by atoms with Gasteiger partial charge < -0.3 is 14.0 Å². The van der Waals surface area contributed by atoms with Crippen molar-refractivity contribution in [1.29, 1.82) is 0 Å². The third-order valence-corrected chi connectivity index (χ3v) is 3.74. The van der Waals surface area contributed by atoms with Crippen LogP contribution in [0.15, 0.2) is 40.9 Å². The third kappa shape index (κ3) is 3.77. The molecule has 6 nitrogen and oxygen atoms in total. The predicted octanol–water partition coefficient (Wildman–Crippen LogP) is 3.14. The normalized spacial score (nSPS) is 17.0. The lowest BCUT2D eigenvalue weighted by Crippen LogP contribution is -2.18. The molecular formula is C17H18N2O4. The summed E-state index contributed by atoms with van der Waals surface area (Å²) in [4.78, 5) is 16.2. The van der Waals surface area contributed by atoms with Crippen molar-refractivity contribution in [2.45, 2.75) is 25.9 Å². The van der Waals surface area contributed by atoms with Gasteiger partial charge in [-0.3, -0.25) is 4.79 Å². The van der Waals surface area contributed by atoms with E-state index in [-0.39, 0.29) is 24.4 Å². The summed E-state index contributed by atoms with van der Waals surface area (Å²) in [6.07, 6.45) is 6.58. The summed E-state index contributed by atoms with van der Waals surface area (Å²) in [6, 6.07) is 7.36. The minimum atomic E-state index is -0.213. The minimum absolute atomic E-state index is 0.00395. The molecule has 0 saturated heterocycles. The molecule has 0 fully saturated rings. The van der Waals surface area contributed by atoms with Gasteiger partial charge in [0, 0.05) is 5.56 Å². The van der Waals surface area contributed by atoms with E-state index in [1.165, 1.54) is 0 Å². The molecule has 0 saturated carbocycles. The Labute approximate surface area is 134 Å². The van der Waals surface area contributed by atoms with Gasteiger partial charge in [0.1, 0.15) is 5.75 Å². The molecule has 0 aliphatic heterocycles. The van der Waals surface area contributed by atoms with Crippen LogP contribution >= 0.6 is 0 Å². The molecule has 0 bridgehead atoms. The van der Waals surface area contributed by atoms with Crippen LogP contribution in [0.2, 0.25) is 0 Å². The van der Waals surface area contributed by atoms with Gasteiger partial charge >= 0.3 is 5.97 Å². The first kappa shape index (κ1) is 15.3. The molecule has 0 amide bonds. The molecule has 1 atom stereocenters. The van der Waals surface area contributed by atoms with Gasteiger partial charge in [0.25, 0.3) is 5.89 Å². The summed E-state index contributed by atoms with van der Waals surface area (Å²) in [7, 11) is 1.60. The monoisotopic (exact) mass is 314 g/mol. The van der Waals surface area contributed by atoms with Gasteiger partial charge in [-0.05, 0) is 31.4 Å². The van der Waals surface area contributed by atoms with Gasteiger partial charge in [0.2, 0.25) is 5.82 Å². The smallest absolute Gasteiger partial charge is 0.309 e. The molecule has 0 spiro atoms. The second-order valence-corrected chi connectivity index (χ2v) is 5.33. The van der Waals surface area contributed by atoms with Crippen LogP contribution in [0.1, 0.15) is 25.2 Å². The SMILES string of the molecule is COc1cccc(-c2noc(COC(=O)C3CC=CCC3)n2)c1. The van der Waals surface area contributed by atoms with Crippen molar-refractivity contribution < 1.29 is 18.8 Å². The zero-order chi connectivity index (χ0) is 16.1. The predicted molar refractivity (Wildman–Crippen MR) is 82.6 cm³/mol. The lowest BCUT2D eigenvalue weighted by atomic mass is 9.95. The van der Waals surface area contributed by atoms with Crippen LogP contribution in [0.3, 0.4) is 0 Å². The van der Waals surface area contributed by atoms with Crippen LogP contribution in [-0.2, 0) is 16.1 Å². The van der Waals surface area contributed by atoms with Crippen LogP contribution in [-0.4, -0.2) is 23.2 Å². The Balaban J connectivity index is 1.60. The molecular weight excluding hydrogens is 296 g/mol. The molecule has 2 aromatic rings. The van der Waals surface area contributed by atoms with E-state index in [0.29, 0.717) is 11.6 Å². The molecule has 0 N–H and O–H groups in total. The Morgan fingerprint density at radius 2 is 2.30 bits per heavy atom. The highest BCUT2D eigenvalue weighted by atomic mass is 16.6. The van der Waals surface area contributed by atoms with Crippen LogP contribution in [0.5, 0.6) is 5.75 Å². The highest BCUT2D eigenvalue weighted by Crippen LogP contribution is 2.22. The number of allylic oxidation sites excluding steroid dienone is 2. The number of hydrogen-bond acceptors (Lipinski definition) is 6. The van der Waals surface area contributed by atoms with Crippen molar-refractivity contribution >= 4 is 5.97 Å². The molecule has 1 aliphatic carbocycles. The van der Waals surface area contributed by atoms with Gasteiger partial charge in [-0.2, -0.15) is 4.98 Å². The number of rotatable bonds is 5. The average Bonchev–Trinajstić information content (AvgIpc) is 3.09. The number of aromatic nitrogens is 2. The molecule has 0 radical (unpaired) electrons. The molecule has 1 unspecified atom stereocenters. The highest BCUT2D eigenvalue weighted by Gasteiger charge is 2.21. The summed E-state index contributed by atoms with van der Waals surface area (Å²) in [5.41, 5.74) is 0.781. The lowest BCUT2D eigenvalue weighted by molar-refractivity contribution is -0.150. The number of nitrogens with zero attached hydrogens (tertiary/aromatic N) is 2. The molecule has 6 heteroatoms. The van der Waals surface area contributed by atoms with Crippen LogP contribution < -0.4 is 4.74 Å². The molecule has 3 rings (SSSR count). The van der Waals surface area contributed by atoms with E-state index < -0.39 is 0 Å². The van der Waals surface area contributed by atoms with Crippen molar-refractivity contribution in [3.63, 3.8) is 0 Å². The number of carbonyl (C=O) groups excluding carboxylic acids is 1. The standard InChI is InChI=1S/C17H18N2O4/c1-21-14-9-5-8-13(10-14)16-18-15(23-19-16)11-22-17(20)12-6-3-2-4-7-12/h2-3,5,8-10,12H,4,6-7,11H2,1H3. The zero-order valence-electron chi connectivity index (χ0n) is 12.9. The fourth-order valence-corrected chi connectivity index (χ4v) is 2.45. The Bertz CT molecular complexity index is 708. The first-order valence-electron chi connectivity index (χ1n) is 7.55. The number of hydrogen-bond donors (Lipinski definition) is 0. The third-order valence-electron chi connectivity index (χ3n) is 3.74. The summed E-state index contributed by atoms with van der Waals surface area (Å²) >= 11 is 0. The first-order valence-corrected chi connectivity index (χ1v) is 7.55. The van der Waals surface area contributed by atoms with E-state index in [4.69, 9.17) is 14.0 Å². The van der Waals surface area contributed by atoms with E-state index in [2.05, 4.69) is 16.2 Å². The maximum Gasteiger partial charge on any atom is 0.309 e. The maximum absolute atomic E-state index is 12.0. The molecule has 1 heterocycles. The van der Waals surface area contributed by atoms with Gasteiger partial charge in [-0.15, -0.1) is 0 Å². The fraction of sp³-hybridized carbons (Fsp3) is 0.353. The van der Waals surface area contributed by atoms with Gasteiger partial charge in [0.15, 0.2) is 6.61 Å². The van der Waals surface area contributed by atoms with Gasteiger partial charge in [-0.1, -0.05) is 29.4 Å². The second-order valence-electron chi connectivity index (χ2n) is 5.33. The van der Waals surface area contributed by atoms with E-state index in [0.717, 1.165) is 24.8 Å². The average molecular weight is 314 g/mol. The van der Waals surface area contributed by atoms with Gasteiger partial charge in [0.05, 0.1) is 13.0 Å². The summed E-state index contributed by atoms with van der Waals surface area (Å²) in [6.45, 7) is -0.00395. The van der Waals surface area contributed by atoms with Crippen molar-refractivity contribution in [2.75, 3.05) is 7.11 Å². The van der Waals surface area contributed by atoms with Crippen LogP contribution in [0, 0.1) is 5.92 Å². The molecule has 1 aromatic heterocycles. The Morgan fingerprint density at radius 1 is 1.39 bits per heavy atom. The van der Waals surface area contributed by atoms with E-state index >= 15 is 0 Å². The second kappa shape index (κ2) is 7.09. The number of benzene rings is 1. The Morgan fingerprint density at radius 3 is 3.09 bits per heavy atom. The quantitative estimate of drug-likeness (QED) is 0.623. The fourth-order valence-electron chi connectivity index (χ4n) is 2.45. The summed E-state index contributed by atoms with van der Waals surface area (Å²) in [5.74, 6) is 1.15. The molecule has 1 aliphatic rings. The van der Waals surface area contributed by atoms with Crippen molar-refractivity contribution in [2.24, 2.45) is 5.92 Å². The van der Waals surface area contributed by atoms with E-state index in [1.807, 2.05) is 30.3 Å². The van der Waals surface area contributed by atoms with Gasteiger partial charge in [-0.25, -0.2) is 0 Å². The molecule has 1 aromatic carbocycles. The largest absolute Gasteiger partial charge is 0.497 e. The molecule has 120 valence electrons. The Hall–Kier alpha value is -2.63. The number of esters is 1. The number of methoxy groups -OCH3 is 1. The topological polar surface area (TPSA) is 74.5 Å². The minimum Gasteiger partial charge on any atom is -0.497 e. The van der Waals surface area contributed by atoms with E-state index in [1.54, 1.807) is 7.11 Å². The highest BCUT2D eigenvalue weighted by molar-refractivity contribution is 5.72. The van der Waals surface area contributed by atoms with Crippen molar-refractivity contribution in [3.05, 3.63) is 42.3 Å². The number of carbonyl (C=O) groups is 1. The number of ether oxygens (including phenoxy) is 2. The van der Waals surface area contributed by atoms with Crippen molar-refractivity contribution in [3.8, 4) is 17.1 Å². The lowest BCUT2D eigenvalue weighted by Gasteiger charge is -2.15. The van der Waals surface area contributed by atoms with Crippen LogP contribution in [0.25, 0.3) is 11.4 Å². The zero-order valence-corrected chi connectivity index (χ0v) is 12.9. The Kier molecular flexibility index (Phi) is 4.71. The van der Waals surface area contributed by atoms with Crippen molar-refractivity contribution in [1.82, 2.24) is 10.1 Å². The molecule has 23 heavy (non-hydrogen) atoms. The van der Waals surface area contributed by atoms with E-state index in [9.17, 15) is 4.79 Å². The summed E-state index contributed by atoms with van der Waals surface area (Å²) in [5, 5.41) is 3.91. The maximum atomic E-state index is 12.0. The first-order chi connectivity index (χ1) is 11.3. The summed E-state index contributed by atoms with van der Waals surface area (Å²) < 4.78 is 15.6.